The molecule has 3 rings (SSSR count). The molecule has 0 atom stereocenters. The SMILES string of the molecule is O=c1ccccn1Cc1ccc(Cn2cc(I)cn2)cc1. The predicted molar refractivity (Wildman–Crippen MR) is 90.3 cm³/mol. The fourth-order valence-corrected chi connectivity index (χ4v) is 2.60. The van der Waals surface area contributed by atoms with Crippen molar-refractivity contribution in [3.05, 3.63) is 86.1 Å². The first-order valence-electron chi connectivity index (χ1n) is 6.62. The number of pyridine rings is 1. The maximum Gasteiger partial charge on any atom is 0.250 e. The molecule has 0 aliphatic heterocycles. The van der Waals surface area contributed by atoms with E-state index in [9.17, 15) is 4.79 Å². The molecule has 5 heteroatoms. The van der Waals surface area contributed by atoms with E-state index in [2.05, 4.69) is 52.0 Å². The van der Waals surface area contributed by atoms with Crippen LogP contribution >= 0.6 is 22.6 Å². The number of benzene rings is 1. The molecule has 1 aromatic carbocycles. The highest BCUT2D eigenvalue weighted by Gasteiger charge is 2.00. The first-order chi connectivity index (χ1) is 10.2. The highest BCUT2D eigenvalue weighted by atomic mass is 127. The molecule has 0 amide bonds. The molecule has 0 aliphatic rings. The molecule has 0 aliphatic carbocycles. The van der Waals surface area contributed by atoms with Gasteiger partial charge in [0.05, 0.1) is 22.9 Å². The van der Waals surface area contributed by atoms with Gasteiger partial charge in [-0.2, -0.15) is 5.10 Å². The Hall–Kier alpha value is -1.89. The fourth-order valence-electron chi connectivity index (χ4n) is 2.15. The second-order valence-corrected chi connectivity index (χ2v) is 6.09. The summed E-state index contributed by atoms with van der Waals surface area (Å²) >= 11 is 2.25. The van der Waals surface area contributed by atoms with E-state index in [1.807, 2.05) is 29.3 Å². The largest absolute Gasteiger partial charge is 0.311 e. The van der Waals surface area contributed by atoms with Crippen molar-refractivity contribution in [3.63, 3.8) is 0 Å². The van der Waals surface area contributed by atoms with Crippen molar-refractivity contribution in [2.75, 3.05) is 0 Å². The van der Waals surface area contributed by atoms with Gasteiger partial charge in [0.15, 0.2) is 0 Å². The lowest BCUT2D eigenvalue weighted by Crippen LogP contribution is -2.18. The Morgan fingerprint density at radius 3 is 2.33 bits per heavy atom. The van der Waals surface area contributed by atoms with E-state index < -0.39 is 0 Å². The highest BCUT2D eigenvalue weighted by Crippen LogP contribution is 2.09. The van der Waals surface area contributed by atoms with Crippen molar-refractivity contribution in [1.29, 1.82) is 0 Å². The highest BCUT2D eigenvalue weighted by molar-refractivity contribution is 14.1. The van der Waals surface area contributed by atoms with Crippen molar-refractivity contribution < 1.29 is 0 Å². The average Bonchev–Trinajstić information content (AvgIpc) is 2.89. The zero-order valence-corrected chi connectivity index (χ0v) is 13.5. The van der Waals surface area contributed by atoms with Crippen LogP contribution in [0.15, 0.2) is 65.8 Å². The summed E-state index contributed by atoms with van der Waals surface area (Å²) < 4.78 is 4.75. The number of aromatic nitrogens is 3. The standard InChI is InChI=1S/C16H14IN3O/c17-15-9-18-20(12-15)11-14-6-4-13(5-7-14)10-19-8-2-1-3-16(19)21/h1-9,12H,10-11H2. The maximum atomic E-state index is 11.7. The van der Waals surface area contributed by atoms with Gasteiger partial charge in [0, 0.05) is 18.5 Å². The van der Waals surface area contributed by atoms with Crippen molar-refractivity contribution in [2.45, 2.75) is 13.1 Å². The normalized spacial score (nSPS) is 10.7. The summed E-state index contributed by atoms with van der Waals surface area (Å²) in [6.07, 6.45) is 5.66. The molecule has 21 heavy (non-hydrogen) atoms. The van der Waals surface area contributed by atoms with Crippen LogP contribution in [-0.2, 0) is 13.1 Å². The van der Waals surface area contributed by atoms with Crippen molar-refractivity contribution >= 4 is 22.6 Å². The summed E-state index contributed by atoms with van der Waals surface area (Å²) in [5.74, 6) is 0. The van der Waals surface area contributed by atoms with E-state index in [1.54, 1.807) is 16.7 Å². The van der Waals surface area contributed by atoms with Crippen LogP contribution in [-0.4, -0.2) is 14.3 Å². The summed E-state index contributed by atoms with van der Waals surface area (Å²) in [6.45, 7) is 1.36. The van der Waals surface area contributed by atoms with Crippen molar-refractivity contribution in [2.24, 2.45) is 0 Å². The van der Waals surface area contributed by atoms with Crippen molar-refractivity contribution in [3.8, 4) is 0 Å². The van der Waals surface area contributed by atoms with Gasteiger partial charge in [-0.05, 0) is 39.8 Å². The number of nitrogens with zero attached hydrogens (tertiary/aromatic N) is 3. The summed E-state index contributed by atoms with van der Waals surface area (Å²) in [7, 11) is 0. The minimum absolute atomic E-state index is 0.0210. The Labute approximate surface area is 136 Å². The second-order valence-electron chi connectivity index (χ2n) is 4.84. The van der Waals surface area contributed by atoms with Crippen LogP contribution in [0, 0.1) is 3.57 Å². The lowest BCUT2D eigenvalue weighted by molar-refractivity contribution is 0.685. The molecule has 3 aromatic rings. The molecule has 2 aromatic heterocycles. The minimum atomic E-state index is 0.0210. The molecule has 4 nitrogen and oxygen atoms in total. The zero-order valence-electron chi connectivity index (χ0n) is 11.3. The lowest BCUT2D eigenvalue weighted by Gasteiger charge is -2.07. The smallest absolute Gasteiger partial charge is 0.250 e. The van der Waals surface area contributed by atoms with Gasteiger partial charge < -0.3 is 4.57 Å². The zero-order chi connectivity index (χ0) is 14.7. The van der Waals surface area contributed by atoms with E-state index in [0.717, 1.165) is 15.7 Å². The Kier molecular flexibility index (Phi) is 4.19. The van der Waals surface area contributed by atoms with Crippen LogP contribution in [0.1, 0.15) is 11.1 Å². The first kappa shape index (κ1) is 14.1. The van der Waals surface area contributed by atoms with E-state index in [-0.39, 0.29) is 5.56 Å². The van der Waals surface area contributed by atoms with E-state index >= 15 is 0 Å². The fraction of sp³-hybridized carbons (Fsp3) is 0.125. The molecule has 0 N–H and O–H groups in total. The Balaban J connectivity index is 1.72. The van der Waals surface area contributed by atoms with Gasteiger partial charge in [0.2, 0.25) is 0 Å². The van der Waals surface area contributed by atoms with E-state index in [4.69, 9.17) is 0 Å². The van der Waals surface area contributed by atoms with Crippen LogP contribution in [0.25, 0.3) is 0 Å². The Morgan fingerprint density at radius 1 is 1.00 bits per heavy atom. The second kappa shape index (κ2) is 6.26. The third-order valence-electron chi connectivity index (χ3n) is 3.22. The molecule has 0 unspecified atom stereocenters. The van der Waals surface area contributed by atoms with Crippen molar-refractivity contribution in [1.82, 2.24) is 14.3 Å². The van der Waals surface area contributed by atoms with Gasteiger partial charge in [0.25, 0.3) is 5.56 Å². The van der Waals surface area contributed by atoms with E-state index in [1.165, 1.54) is 5.56 Å². The lowest BCUT2D eigenvalue weighted by atomic mass is 10.1. The Bertz CT molecular complexity index is 790. The summed E-state index contributed by atoms with van der Waals surface area (Å²) in [5.41, 5.74) is 2.33. The van der Waals surface area contributed by atoms with Crippen LogP contribution in [0.3, 0.4) is 0 Å². The quantitative estimate of drug-likeness (QED) is 0.642. The van der Waals surface area contributed by atoms with Gasteiger partial charge in [-0.25, -0.2) is 0 Å². The molecule has 2 heterocycles. The van der Waals surface area contributed by atoms with Gasteiger partial charge >= 0.3 is 0 Å². The molecule has 0 radical (unpaired) electrons. The van der Waals surface area contributed by atoms with Gasteiger partial charge in [-0.15, -0.1) is 0 Å². The van der Waals surface area contributed by atoms with Gasteiger partial charge in [-0.1, -0.05) is 30.3 Å². The monoisotopic (exact) mass is 391 g/mol. The molecule has 0 spiro atoms. The van der Waals surface area contributed by atoms with Crippen LogP contribution < -0.4 is 5.56 Å². The molecule has 0 fully saturated rings. The van der Waals surface area contributed by atoms with Crippen LogP contribution in [0.4, 0.5) is 0 Å². The minimum Gasteiger partial charge on any atom is -0.311 e. The first-order valence-corrected chi connectivity index (χ1v) is 7.70. The molecule has 0 saturated heterocycles. The number of rotatable bonds is 4. The number of hydrogen-bond acceptors (Lipinski definition) is 2. The third-order valence-corrected chi connectivity index (χ3v) is 3.78. The predicted octanol–water partition coefficient (Wildman–Crippen LogP) is 2.75. The molecule has 106 valence electrons. The van der Waals surface area contributed by atoms with Crippen LogP contribution in [0.5, 0.6) is 0 Å². The molecular weight excluding hydrogens is 377 g/mol. The molecule has 0 bridgehead atoms. The number of hydrogen-bond donors (Lipinski definition) is 0. The molecular formula is C16H14IN3O. The Morgan fingerprint density at radius 2 is 1.71 bits per heavy atom. The third kappa shape index (κ3) is 3.60. The van der Waals surface area contributed by atoms with Gasteiger partial charge in [-0.3, -0.25) is 9.48 Å². The van der Waals surface area contributed by atoms with E-state index in [0.29, 0.717) is 6.54 Å². The topological polar surface area (TPSA) is 39.8 Å². The summed E-state index contributed by atoms with van der Waals surface area (Å²) in [6, 6.07) is 13.5. The summed E-state index contributed by atoms with van der Waals surface area (Å²) in [5, 5.41) is 4.28. The maximum absolute atomic E-state index is 11.7. The summed E-state index contributed by atoms with van der Waals surface area (Å²) in [4.78, 5) is 11.7. The van der Waals surface area contributed by atoms with Gasteiger partial charge in [0.1, 0.15) is 0 Å². The number of halogens is 1. The molecule has 0 saturated carbocycles. The average molecular weight is 391 g/mol. The van der Waals surface area contributed by atoms with Crippen LogP contribution in [0.2, 0.25) is 0 Å².